The predicted molar refractivity (Wildman–Crippen MR) is 126 cm³/mol. The fourth-order valence-electron chi connectivity index (χ4n) is 3.54. The van der Waals surface area contributed by atoms with Crippen LogP contribution in [0.3, 0.4) is 0 Å². The molecule has 7 nitrogen and oxygen atoms in total. The van der Waals surface area contributed by atoms with E-state index in [1.165, 1.54) is 17.4 Å². The van der Waals surface area contributed by atoms with Crippen molar-refractivity contribution < 1.29 is 9.18 Å². The number of rotatable bonds is 3. The number of thiophene rings is 1. The highest BCUT2D eigenvalue weighted by molar-refractivity contribution is 7.20. The van der Waals surface area contributed by atoms with Crippen molar-refractivity contribution in [2.45, 2.75) is 26.0 Å². The summed E-state index contributed by atoms with van der Waals surface area (Å²) in [6, 6.07) is 3.19. The number of aromatic nitrogens is 4. The summed E-state index contributed by atoms with van der Waals surface area (Å²) in [5.41, 5.74) is 4.71. The number of carbonyl (C=O) groups excluding carboxylic acids is 1. The molecule has 0 atom stereocenters. The molecule has 0 fully saturated rings. The summed E-state index contributed by atoms with van der Waals surface area (Å²) in [5, 5.41) is 11.8. The molecule has 0 amide bonds. The van der Waals surface area contributed by atoms with Crippen molar-refractivity contribution in [3.8, 4) is 5.97 Å². The lowest BCUT2D eigenvalue weighted by Gasteiger charge is -2.13. The Kier molecular flexibility index (Phi) is 6.28. The molecule has 1 aliphatic rings. The molecule has 0 saturated carbocycles. The highest BCUT2D eigenvalue weighted by Gasteiger charge is 2.20. The molecule has 0 aromatic carbocycles. The molecule has 0 aliphatic carbocycles. The highest BCUT2D eigenvalue weighted by Crippen LogP contribution is 2.28. The molecule has 0 radical (unpaired) electrons. The first-order valence-corrected chi connectivity index (χ1v) is 11.0. The van der Waals surface area contributed by atoms with Crippen LogP contribution < -0.4 is 5.32 Å². The fraction of sp³-hybridized carbons (Fsp3) is 0.227. The number of allylic oxidation sites excluding steroid dienone is 2. The lowest BCUT2D eigenvalue weighted by molar-refractivity contribution is 0.112. The van der Waals surface area contributed by atoms with Crippen LogP contribution in [0.4, 0.5) is 10.1 Å². The molecule has 0 bridgehead atoms. The Balaban J connectivity index is 0.000000165. The molecular weight excluding hydrogens is 426 g/mol. The van der Waals surface area contributed by atoms with Crippen LogP contribution >= 0.6 is 11.3 Å². The third-order valence-electron chi connectivity index (χ3n) is 5.21. The number of nitrogens with zero attached hydrogens (tertiary/aromatic N) is 5. The summed E-state index contributed by atoms with van der Waals surface area (Å²) in [5.74, 6) is 1.99. The van der Waals surface area contributed by atoms with Crippen LogP contribution in [-0.4, -0.2) is 39.4 Å². The minimum atomic E-state index is -0.306. The van der Waals surface area contributed by atoms with Crippen LogP contribution in [0.15, 0.2) is 36.8 Å². The number of pyridine rings is 1. The summed E-state index contributed by atoms with van der Waals surface area (Å²) in [6.07, 6.45) is 10.8. The van der Waals surface area contributed by atoms with Crippen LogP contribution in [0.25, 0.3) is 21.6 Å². The monoisotopic (exact) mass is 446 g/mol. The summed E-state index contributed by atoms with van der Waals surface area (Å²) in [6.45, 7) is 1.97. The molecule has 1 N–H and O–H groups in total. The smallest absolute Gasteiger partial charge is 0.271 e. The molecule has 0 unspecified atom stereocenters. The van der Waals surface area contributed by atoms with E-state index in [1.54, 1.807) is 36.1 Å². The third-order valence-corrected chi connectivity index (χ3v) is 6.16. The number of aryl methyl sites for hydroxylation is 1. The van der Waals surface area contributed by atoms with Gasteiger partial charge in [-0.2, -0.15) is 0 Å². The molecule has 5 heterocycles. The van der Waals surface area contributed by atoms with Gasteiger partial charge in [-0.1, -0.05) is 12.4 Å². The van der Waals surface area contributed by atoms with Gasteiger partial charge >= 0.3 is 0 Å². The van der Waals surface area contributed by atoms with E-state index in [1.807, 2.05) is 6.92 Å². The standard InChI is InChI=1S/C13H10BN3OS.C9H10FN3/c15-8-14-3-1-9(2-4-14)12-6-16-11-5-10(7-18)19-13(11)17-12;1-6-4-13-5-7(11-2)3-8(10)9(13)12-6/h1,5-7H,2-4H2;3-5,11H,1-2H3. The molecule has 5 rings (SSSR count). The van der Waals surface area contributed by atoms with Gasteiger partial charge in [0, 0.05) is 31.5 Å². The summed E-state index contributed by atoms with van der Waals surface area (Å²) in [7, 11) is 1.75. The number of hydrogen-bond acceptors (Lipinski definition) is 7. The number of imidazole rings is 1. The lowest BCUT2D eigenvalue weighted by Crippen LogP contribution is -2.12. The molecule has 4 aromatic rings. The molecule has 1 aliphatic heterocycles. The van der Waals surface area contributed by atoms with Crippen molar-refractivity contribution in [1.82, 2.24) is 19.4 Å². The molecule has 32 heavy (non-hydrogen) atoms. The van der Waals surface area contributed by atoms with E-state index in [9.17, 15) is 9.18 Å². The second-order valence-electron chi connectivity index (χ2n) is 7.48. The van der Waals surface area contributed by atoms with Gasteiger partial charge in [0.05, 0.1) is 28.1 Å². The Morgan fingerprint density at radius 1 is 1.34 bits per heavy atom. The predicted octanol–water partition coefficient (Wildman–Crippen LogP) is 4.67. The number of anilines is 1. The molecule has 160 valence electrons. The Morgan fingerprint density at radius 3 is 2.88 bits per heavy atom. The third kappa shape index (κ3) is 4.53. The maximum Gasteiger partial charge on any atom is 0.271 e. The van der Waals surface area contributed by atoms with Crippen LogP contribution in [0.5, 0.6) is 0 Å². The second kappa shape index (κ2) is 9.28. The van der Waals surface area contributed by atoms with Crippen molar-refractivity contribution in [1.29, 1.82) is 5.26 Å². The van der Waals surface area contributed by atoms with Crippen molar-refractivity contribution >= 4 is 51.6 Å². The van der Waals surface area contributed by atoms with Gasteiger partial charge in [0.25, 0.3) is 6.71 Å². The zero-order valence-electron chi connectivity index (χ0n) is 17.7. The van der Waals surface area contributed by atoms with Gasteiger partial charge in [0.1, 0.15) is 10.3 Å². The summed E-state index contributed by atoms with van der Waals surface area (Å²) in [4.78, 5) is 25.1. The maximum atomic E-state index is 13.3. The molecule has 0 saturated heterocycles. The van der Waals surface area contributed by atoms with E-state index in [4.69, 9.17) is 5.26 Å². The van der Waals surface area contributed by atoms with E-state index in [0.717, 1.165) is 58.3 Å². The number of hydrogen-bond donors (Lipinski definition) is 1. The van der Waals surface area contributed by atoms with E-state index < -0.39 is 0 Å². The Bertz CT molecular complexity index is 1370. The Labute approximate surface area is 188 Å². The topological polar surface area (TPSA) is 96.0 Å². The average Bonchev–Trinajstić information content (AvgIpc) is 3.41. The Hall–Kier alpha value is -3.58. The van der Waals surface area contributed by atoms with Crippen LogP contribution in [-0.2, 0) is 0 Å². The number of halogens is 1. The first-order chi connectivity index (χ1) is 15.5. The number of carbonyl (C=O) groups is 1. The van der Waals surface area contributed by atoms with Gasteiger partial charge < -0.3 is 9.72 Å². The summed E-state index contributed by atoms with van der Waals surface area (Å²) < 4.78 is 15.0. The van der Waals surface area contributed by atoms with E-state index in [0.29, 0.717) is 10.5 Å². The van der Waals surface area contributed by atoms with Crippen LogP contribution in [0, 0.1) is 24.0 Å². The molecule has 4 aromatic heterocycles. The zero-order chi connectivity index (χ0) is 22.7. The Morgan fingerprint density at radius 2 is 2.19 bits per heavy atom. The SMILES string of the molecule is CNc1cc(F)c2nc(C)cn2c1.N#CB1CC=C(c2cnc3cc(C=O)sc3n2)CC1. The van der Waals surface area contributed by atoms with Crippen LogP contribution in [0.1, 0.15) is 27.5 Å². The zero-order valence-corrected chi connectivity index (χ0v) is 18.5. The largest absolute Gasteiger partial charge is 0.387 e. The van der Waals surface area contributed by atoms with Gasteiger partial charge in [-0.3, -0.25) is 9.78 Å². The van der Waals surface area contributed by atoms with E-state index in [2.05, 4.69) is 32.3 Å². The van der Waals surface area contributed by atoms with Crippen LogP contribution in [0.2, 0.25) is 12.6 Å². The summed E-state index contributed by atoms with van der Waals surface area (Å²) >= 11 is 1.36. The molecular formula is C22H20BFN6OS. The first kappa shape index (κ1) is 21.6. The average molecular weight is 446 g/mol. The number of nitriles is 1. The van der Waals surface area contributed by atoms with Crippen molar-refractivity contribution in [3.05, 3.63) is 58.9 Å². The van der Waals surface area contributed by atoms with Gasteiger partial charge in [-0.05, 0) is 31.3 Å². The number of aldehydes is 1. The highest BCUT2D eigenvalue weighted by atomic mass is 32.1. The lowest BCUT2D eigenvalue weighted by atomic mass is 9.44. The van der Waals surface area contributed by atoms with E-state index >= 15 is 0 Å². The van der Waals surface area contributed by atoms with Gasteiger partial charge in [0.2, 0.25) is 0 Å². The van der Waals surface area contributed by atoms with Gasteiger partial charge in [0.15, 0.2) is 17.8 Å². The van der Waals surface area contributed by atoms with Crippen molar-refractivity contribution in [2.24, 2.45) is 0 Å². The normalized spacial score (nSPS) is 13.3. The van der Waals surface area contributed by atoms with E-state index in [-0.39, 0.29) is 12.5 Å². The minimum absolute atomic E-state index is 0.129. The molecule has 10 heteroatoms. The van der Waals surface area contributed by atoms with Crippen molar-refractivity contribution in [3.63, 3.8) is 0 Å². The molecule has 0 spiro atoms. The van der Waals surface area contributed by atoms with Gasteiger partial charge in [-0.25, -0.2) is 19.6 Å². The fourth-order valence-corrected chi connectivity index (χ4v) is 4.35. The second-order valence-corrected chi connectivity index (χ2v) is 8.54. The minimum Gasteiger partial charge on any atom is -0.387 e. The maximum absolute atomic E-state index is 13.3. The number of fused-ring (bicyclic) bond motifs is 2. The quantitative estimate of drug-likeness (QED) is 0.363. The number of nitrogens with one attached hydrogen (secondary N) is 1. The van der Waals surface area contributed by atoms with Gasteiger partial charge in [-0.15, -0.1) is 11.3 Å². The first-order valence-electron chi connectivity index (χ1n) is 10.1. The van der Waals surface area contributed by atoms with Crippen molar-refractivity contribution in [2.75, 3.05) is 12.4 Å².